The molecule has 0 heterocycles. The van der Waals surface area contributed by atoms with Crippen LogP contribution in [0.3, 0.4) is 0 Å². The van der Waals surface area contributed by atoms with Crippen LogP contribution in [0.2, 0.25) is 0 Å². The van der Waals surface area contributed by atoms with Crippen molar-refractivity contribution in [3.05, 3.63) is 35.9 Å². The third kappa shape index (κ3) is 4.55. The number of benzene rings is 1. The predicted molar refractivity (Wildman–Crippen MR) is 83.8 cm³/mol. The number of rotatable bonds is 6. The molecule has 0 saturated heterocycles. The highest BCUT2D eigenvalue weighted by Crippen LogP contribution is 2.30. The Morgan fingerprint density at radius 3 is 2.57 bits per heavy atom. The highest BCUT2D eigenvalue weighted by molar-refractivity contribution is 5.81. The molecule has 1 aromatic carbocycles. The molecular formula is C17H26N2O2. The topological polar surface area (TPSA) is 66.6 Å². The molecule has 1 fully saturated rings. The third-order valence-corrected chi connectivity index (χ3v) is 4.35. The molecule has 0 spiro atoms. The van der Waals surface area contributed by atoms with Gasteiger partial charge in [0.2, 0.25) is 5.91 Å². The molecule has 0 aromatic heterocycles. The Morgan fingerprint density at radius 1 is 1.33 bits per heavy atom. The Hall–Kier alpha value is -1.39. The lowest BCUT2D eigenvalue weighted by Gasteiger charge is -2.30. The van der Waals surface area contributed by atoms with Gasteiger partial charge >= 0.3 is 0 Å². The van der Waals surface area contributed by atoms with Crippen molar-refractivity contribution in [3.63, 3.8) is 0 Å². The summed E-state index contributed by atoms with van der Waals surface area (Å²) in [7, 11) is 1.74. The van der Waals surface area contributed by atoms with Crippen molar-refractivity contribution in [2.24, 2.45) is 5.73 Å². The van der Waals surface area contributed by atoms with Gasteiger partial charge in [0.1, 0.15) is 0 Å². The second-order valence-electron chi connectivity index (χ2n) is 6.26. The van der Waals surface area contributed by atoms with Crippen LogP contribution in [0.25, 0.3) is 0 Å². The van der Waals surface area contributed by atoms with Crippen LogP contribution in [-0.4, -0.2) is 41.1 Å². The minimum absolute atomic E-state index is 0.0775. The summed E-state index contributed by atoms with van der Waals surface area (Å²) in [5.41, 5.74) is 6.50. The van der Waals surface area contributed by atoms with Crippen molar-refractivity contribution in [2.75, 3.05) is 13.6 Å². The summed E-state index contributed by atoms with van der Waals surface area (Å²) in [6, 6.07) is 9.55. The van der Waals surface area contributed by atoms with E-state index in [-0.39, 0.29) is 5.91 Å². The van der Waals surface area contributed by atoms with E-state index in [4.69, 9.17) is 5.73 Å². The Labute approximate surface area is 126 Å². The standard InChI is InChI=1S/C17H26N2O2/c1-19(13-17(21)11-5-6-12-17)16(20)15(18)10-9-14-7-3-2-4-8-14/h2-4,7-8,15,21H,5-6,9-13,18H2,1H3/t15-/m0/s1. The van der Waals surface area contributed by atoms with Gasteiger partial charge in [0.05, 0.1) is 11.6 Å². The van der Waals surface area contributed by atoms with Crippen LogP contribution in [0.1, 0.15) is 37.7 Å². The van der Waals surface area contributed by atoms with Crippen LogP contribution in [0.15, 0.2) is 30.3 Å². The van der Waals surface area contributed by atoms with Gasteiger partial charge in [-0.05, 0) is 31.2 Å². The van der Waals surface area contributed by atoms with Crippen LogP contribution in [-0.2, 0) is 11.2 Å². The molecule has 1 aromatic rings. The number of aryl methyl sites for hydroxylation is 1. The first-order chi connectivity index (χ1) is 10.0. The van der Waals surface area contributed by atoms with Crippen LogP contribution in [0, 0.1) is 0 Å². The lowest BCUT2D eigenvalue weighted by Crippen LogP contribution is -2.48. The van der Waals surface area contributed by atoms with E-state index in [1.807, 2.05) is 30.3 Å². The molecule has 0 radical (unpaired) electrons. The number of amides is 1. The minimum Gasteiger partial charge on any atom is -0.388 e. The summed E-state index contributed by atoms with van der Waals surface area (Å²) in [5, 5.41) is 10.4. The molecular weight excluding hydrogens is 264 g/mol. The van der Waals surface area contributed by atoms with Crippen LogP contribution >= 0.6 is 0 Å². The molecule has 116 valence electrons. The normalized spacial score (nSPS) is 18.4. The van der Waals surface area contributed by atoms with Gasteiger partial charge in [-0.15, -0.1) is 0 Å². The average Bonchev–Trinajstić information content (AvgIpc) is 2.91. The van der Waals surface area contributed by atoms with Crippen LogP contribution in [0.4, 0.5) is 0 Å². The van der Waals surface area contributed by atoms with E-state index in [0.717, 1.165) is 32.1 Å². The molecule has 3 N–H and O–H groups in total. The summed E-state index contributed by atoms with van der Waals surface area (Å²) in [6.45, 7) is 0.394. The zero-order chi connectivity index (χ0) is 15.3. The molecule has 0 aliphatic heterocycles. The molecule has 4 nitrogen and oxygen atoms in total. The third-order valence-electron chi connectivity index (χ3n) is 4.35. The van der Waals surface area contributed by atoms with Crippen molar-refractivity contribution in [1.82, 2.24) is 4.90 Å². The smallest absolute Gasteiger partial charge is 0.239 e. The second kappa shape index (κ2) is 7.05. The highest BCUT2D eigenvalue weighted by atomic mass is 16.3. The summed E-state index contributed by atoms with van der Waals surface area (Å²) in [6.07, 6.45) is 5.07. The van der Waals surface area contributed by atoms with Crippen molar-refractivity contribution in [2.45, 2.75) is 50.2 Å². The number of aliphatic hydroxyl groups is 1. The predicted octanol–water partition coefficient (Wildman–Crippen LogP) is 1.71. The first-order valence-electron chi connectivity index (χ1n) is 7.77. The van der Waals surface area contributed by atoms with Gasteiger partial charge in [-0.2, -0.15) is 0 Å². The van der Waals surface area contributed by atoms with Gasteiger partial charge in [0.15, 0.2) is 0 Å². The fourth-order valence-corrected chi connectivity index (χ4v) is 3.08. The molecule has 2 rings (SSSR count). The molecule has 1 amide bonds. The lowest BCUT2D eigenvalue weighted by atomic mass is 10.0. The second-order valence-corrected chi connectivity index (χ2v) is 6.26. The number of hydrogen-bond acceptors (Lipinski definition) is 3. The average molecular weight is 290 g/mol. The van der Waals surface area contributed by atoms with Gasteiger partial charge in [-0.3, -0.25) is 4.79 Å². The van der Waals surface area contributed by atoms with Crippen molar-refractivity contribution < 1.29 is 9.90 Å². The Morgan fingerprint density at radius 2 is 1.95 bits per heavy atom. The number of carbonyl (C=O) groups excluding carboxylic acids is 1. The van der Waals surface area contributed by atoms with Crippen LogP contribution in [0.5, 0.6) is 0 Å². The number of carbonyl (C=O) groups is 1. The summed E-state index contributed by atoms with van der Waals surface area (Å²) >= 11 is 0. The van der Waals surface area contributed by atoms with Crippen molar-refractivity contribution in [3.8, 4) is 0 Å². The first kappa shape index (κ1) is 16.0. The van der Waals surface area contributed by atoms with E-state index < -0.39 is 11.6 Å². The molecule has 1 saturated carbocycles. The zero-order valence-electron chi connectivity index (χ0n) is 12.8. The van der Waals surface area contributed by atoms with Gasteiger partial charge in [0.25, 0.3) is 0 Å². The fourth-order valence-electron chi connectivity index (χ4n) is 3.08. The fraction of sp³-hybridized carbons (Fsp3) is 0.588. The molecule has 1 aliphatic carbocycles. The number of likely N-dealkylation sites (N-methyl/N-ethyl adjacent to an activating group) is 1. The number of nitrogens with two attached hydrogens (primary N) is 1. The summed E-state index contributed by atoms with van der Waals surface area (Å²) < 4.78 is 0. The molecule has 21 heavy (non-hydrogen) atoms. The highest BCUT2D eigenvalue weighted by Gasteiger charge is 2.34. The van der Waals surface area contributed by atoms with E-state index in [1.165, 1.54) is 5.56 Å². The molecule has 1 aliphatic rings. The Kier molecular flexibility index (Phi) is 5.37. The Balaban J connectivity index is 1.81. The van der Waals surface area contributed by atoms with Crippen LogP contribution < -0.4 is 5.73 Å². The SMILES string of the molecule is CN(CC1(O)CCCC1)C(=O)[C@@H](N)CCc1ccccc1. The zero-order valence-corrected chi connectivity index (χ0v) is 12.8. The molecule has 4 heteroatoms. The maximum absolute atomic E-state index is 12.3. The van der Waals surface area contributed by atoms with E-state index in [2.05, 4.69) is 0 Å². The van der Waals surface area contributed by atoms with Gasteiger partial charge in [0, 0.05) is 13.6 Å². The quantitative estimate of drug-likeness (QED) is 0.838. The van der Waals surface area contributed by atoms with Crippen molar-refractivity contribution >= 4 is 5.91 Å². The van der Waals surface area contributed by atoms with E-state index in [1.54, 1.807) is 11.9 Å². The van der Waals surface area contributed by atoms with Gasteiger partial charge in [-0.1, -0.05) is 43.2 Å². The molecule has 0 unspecified atom stereocenters. The first-order valence-corrected chi connectivity index (χ1v) is 7.77. The number of hydrogen-bond donors (Lipinski definition) is 2. The van der Waals surface area contributed by atoms with E-state index in [9.17, 15) is 9.90 Å². The van der Waals surface area contributed by atoms with Crippen molar-refractivity contribution in [1.29, 1.82) is 0 Å². The monoisotopic (exact) mass is 290 g/mol. The molecule has 1 atom stereocenters. The maximum atomic E-state index is 12.3. The lowest BCUT2D eigenvalue weighted by molar-refractivity contribution is -0.134. The van der Waals surface area contributed by atoms with E-state index in [0.29, 0.717) is 13.0 Å². The van der Waals surface area contributed by atoms with Gasteiger partial charge in [-0.25, -0.2) is 0 Å². The molecule has 0 bridgehead atoms. The number of nitrogens with zero attached hydrogens (tertiary/aromatic N) is 1. The maximum Gasteiger partial charge on any atom is 0.239 e. The summed E-state index contributed by atoms with van der Waals surface area (Å²) in [4.78, 5) is 13.9. The summed E-state index contributed by atoms with van der Waals surface area (Å²) in [5.74, 6) is -0.0775. The van der Waals surface area contributed by atoms with E-state index >= 15 is 0 Å². The Bertz CT molecular complexity index is 455. The minimum atomic E-state index is -0.705. The largest absolute Gasteiger partial charge is 0.388 e. The van der Waals surface area contributed by atoms with Gasteiger partial charge < -0.3 is 15.7 Å².